The van der Waals surface area contributed by atoms with Crippen molar-refractivity contribution in [3.8, 4) is 0 Å². The summed E-state index contributed by atoms with van der Waals surface area (Å²) in [7, 11) is -3.72. The summed E-state index contributed by atoms with van der Waals surface area (Å²) in [5.41, 5.74) is 3.47. The van der Waals surface area contributed by atoms with Gasteiger partial charge in [0.25, 0.3) is 0 Å². The monoisotopic (exact) mass is 542 g/mol. The van der Waals surface area contributed by atoms with Gasteiger partial charge in [-0.05, 0) is 42.7 Å². The van der Waals surface area contributed by atoms with E-state index in [4.69, 9.17) is 28.2 Å². The molecule has 0 spiro atoms. The average molecular weight is 543 g/mol. The maximum atomic E-state index is 13.2. The molecule has 0 radical (unpaired) electrons. The van der Waals surface area contributed by atoms with Crippen LogP contribution in [-0.2, 0) is 16.6 Å². The van der Waals surface area contributed by atoms with E-state index in [1.165, 1.54) is 22.5 Å². The average Bonchev–Trinajstić information content (AvgIpc) is 3.31. The molecule has 1 aliphatic heterocycles. The third kappa shape index (κ3) is 4.84. The van der Waals surface area contributed by atoms with Gasteiger partial charge in [-0.2, -0.15) is 13.9 Å². The Morgan fingerprint density at radius 3 is 2.64 bits per heavy atom. The van der Waals surface area contributed by atoms with Crippen molar-refractivity contribution < 1.29 is 8.42 Å². The van der Waals surface area contributed by atoms with Crippen LogP contribution in [0.2, 0.25) is 10.0 Å². The molecule has 4 heterocycles. The van der Waals surface area contributed by atoms with Crippen molar-refractivity contribution in [1.82, 2.24) is 23.9 Å². The van der Waals surface area contributed by atoms with Crippen LogP contribution < -0.4 is 5.32 Å². The minimum Gasteiger partial charge on any atom is -0.366 e. The van der Waals surface area contributed by atoms with E-state index in [0.717, 1.165) is 22.6 Å². The number of fused-ring (bicyclic) bond motifs is 1. The van der Waals surface area contributed by atoms with Gasteiger partial charge in [-0.15, -0.1) is 0 Å². The third-order valence-electron chi connectivity index (χ3n) is 6.32. The fourth-order valence-electron chi connectivity index (χ4n) is 4.39. The number of piperidine rings is 1. The Morgan fingerprint density at radius 1 is 1.14 bits per heavy atom. The zero-order valence-electron chi connectivity index (χ0n) is 19.3. The molecular formula is C25H24Cl2N6O2S. The van der Waals surface area contributed by atoms with Crippen LogP contribution in [0.15, 0.2) is 66.5 Å². The maximum absolute atomic E-state index is 13.2. The van der Waals surface area contributed by atoms with Crippen molar-refractivity contribution in [2.75, 3.05) is 18.4 Å². The van der Waals surface area contributed by atoms with E-state index in [2.05, 4.69) is 22.0 Å². The first kappa shape index (κ1) is 24.7. The minimum atomic E-state index is -3.72. The van der Waals surface area contributed by atoms with Gasteiger partial charge in [0.2, 0.25) is 10.0 Å². The van der Waals surface area contributed by atoms with Gasteiger partial charge in [-0.25, -0.2) is 13.4 Å². The number of nitrogens with one attached hydrogen (secondary N) is 1. The molecule has 186 valence electrons. The van der Waals surface area contributed by atoms with Gasteiger partial charge in [0.05, 0.1) is 11.2 Å². The van der Waals surface area contributed by atoms with Gasteiger partial charge in [0.15, 0.2) is 5.65 Å². The summed E-state index contributed by atoms with van der Waals surface area (Å²) in [6.45, 7) is 5.19. The van der Waals surface area contributed by atoms with Gasteiger partial charge in [-0.3, -0.25) is 4.98 Å². The Morgan fingerprint density at radius 2 is 1.94 bits per heavy atom. The number of benzene rings is 1. The molecule has 0 saturated carbocycles. The first-order valence-electron chi connectivity index (χ1n) is 11.5. The highest BCUT2D eigenvalue weighted by Gasteiger charge is 2.32. The topological polar surface area (TPSA) is 92.5 Å². The smallest absolute Gasteiger partial charge is 0.244 e. The lowest BCUT2D eigenvalue weighted by Crippen LogP contribution is -2.38. The first-order valence-corrected chi connectivity index (χ1v) is 13.7. The van der Waals surface area contributed by atoms with E-state index in [9.17, 15) is 8.42 Å². The van der Waals surface area contributed by atoms with Crippen LogP contribution in [0, 0.1) is 0 Å². The predicted octanol–water partition coefficient (Wildman–Crippen LogP) is 5.25. The zero-order chi connectivity index (χ0) is 25.3. The molecule has 11 heteroatoms. The number of hydrogen-bond donors (Lipinski definition) is 1. The van der Waals surface area contributed by atoms with Crippen molar-refractivity contribution in [2.24, 2.45) is 0 Å². The zero-order valence-corrected chi connectivity index (χ0v) is 21.6. The second-order valence-corrected chi connectivity index (χ2v) is 11.3. The summed E-state index contributed by atoms with van der Waals surface area (Å²) < 4.78 is 29.7. The van der Waals surface area contributed by atoms with Crippen molar-refractivity contribution >= 4 is 50.8 Å². The summed E-state index contributed by atoms with van der Waals surface area (Å²) in [5, 5.41) is 8.43. The number of pyridine rings is 1. The van der Waals surface area contributed by atoms with E-state index in [0.29, 0.717) is 43.1 Å². The molecule has 0 amide bonds. The Kier molecular flexibility index (Phi) is 6.98. The fourth-order valence-corrected chi connectivity index (χ4v) is 6.60. The Bertz CT molecular complexity index is 1520. The number of aromatic nitrogens is 4. The van der Waals surface area contributed by atoms with Gasteiger partial charge in [0.1, 0.15) is 10.7 Å². The van der Waals surface area contributed by atoms with E-state index in [-0.39, 0.29) is 15.8 Å². The van der Waals surface area contributed by atoms with Crippen LogP contribution in [-0.4, -0.2) is 45.4 Å². The molecular weight excluding hydrogens is 519 g/mol. The number of sulfonamides is 1. The molecule has 36 heavy (non-hydrogen) atoms. The molecule has 0 aliphatic carbocycles. The number of anilines is 1. The quantitative estimate of drug-likeness (QED) is 0.342. The standard InChI is InChI=1S/C25H24Cl2N6O2S/c1-2-18-16-30-33-24(29-15-17-4-3-9-28-14-17)13-22(31-25(18)33)19-7-10-32(11-8-19)36(34,35)23-6-5-20(26)12-21(23)27/h2-6,9,12-14,16,19,29H,1,7-8,10-11,15H2. The molecule has 3 aromatic heterocycles. The van der Waals surface area contributed by atoms with E-state index < -0.39 is 10.0 Å². The third-order valence-corrected chi connectivity index (χ3v) is 8.94. The van der Waals surface area contributed by atoms with Crippen molar-refractivity contribution in [1.29, 1.82) is 0 Å². The van der Waals surface area contributed by atoms with Gasteiger partial charge < -0.3 is 5.32 Å². The molecule has 1 aromatic carbocycles. The van der Waals surface area contributed by atoms with Crippen molar-refractivity contribution in [3.05, 3.63) is 88.4 Å². The molecule has 1 aliphatic rings. The van der Waals surface area contributed by atoms with Crippen molar-refractivity contribution in [2.45, 2.75) is 30.2 Å². The normalized spacial score (nSPS) is 15.3. The highest BCUT2D eigenvalue weighted by Crippen LogP contribution is 2.34. The molecule has 5 rings (SSSR count). The lowest BCUT2D eigenvalue weighted by molar-refractivity contribution is 0.317. The summed E-state index contributed by atoms with van der Waals surface area (Å²) in [6, 6.07) is 10.3. The number of halogens is 2. The lowest BCUT2D eigenvalue weighted by atomic mass is 9.94. The highest BCUT2D eigenvalue weighted by atomic mass is 35.5. The predicted molar refractivity (Wildman–Crippen MR) is 142 cm³/mol. The fraction of sp³-hybridized carbons (Fsp3) is 0.240. The van der Waals surface area contributed by atoms with Crippen LogP contribution in [0.25, 0.3) is 11.7 Å². The summed E-state index contributed by atoms with van der Waals surface area (Å²) in [6.07, 6.45) is 8.28. The number of hydrogen-bond acceptors (Lipinski definition) is 6. The van der Waals surface area contributed by atoms with E-state index in [1.54, 1.807) is 23.0 Å². The molecule has 4 aromatic rings. The van der Waals surface area contributed by atoms with Gasteiger partial charge in [0, 0.05) is 60.3 Å². The molecule has 0 bridgehead atoms. The Labute approximate surface area is 219 Å². The first-order chi connectivity index (χ1) is 17.4. The van der Waals surface area contributed by atoms with Gasteiger partial charge >= 0.3 is 0 Å². The van der Waals surface area contributed by atoms with Crippen LogP contribution in [0.3, 0.4) is 0 Å². The molecule has 0 atom stereocenters. The van der Waals surface area contributed by atoms with Crippen LogP contribution in [0.5, 0.6) is 0 Å². The Hall–Kier alpha value is -2.98. The number of nitrogens with zero attached hydrogens (tertiary/aromatic N) is 5. The largest absolute Gasteiger partial charge is 0.366 e. The second-order valence-electron chi connectivity index (χ2n) is 8.57. The molecule has 1 fully saturated rings. The summed E-state index contributed by atoms with van der Waals surface area (Å²) in [4.78, 5) is 9.13. The summed E-state index contributed by atoms with van der Waals surface area (Å²) >= 11 is 12.1. The SMILES string of the molecule is C=Cc1cnn2c(NCc3cccnc3)cc(C3CCN(S(=O)(=O)c4ccc(Cl)cc4Cl)CC3)nc12. The highest BCUT2D eigenvalue weighted by molar-refractivity contribution is 7.89. The maximum Gasteiger partial charge on any atom is 0.244 e. The molecule has 1 N–H and O–H groups in total. The molecule has 0 unspecified atom stereocenters. The lowest BCUT2D eigenvalue weighted by Gasteiger charge is -2.31. The van der Waals surface area contributed by atoms with Crippen LogP contribution in [0.4, 0.5) is 5.82 Å². The van der Waals surface area contributed by atoms with Crippen molar-refractivity contribution in [3.63, 3.8) is 0 Å². The van der Waals surface area contributed by atoms with E-state index in [1.807, 2.05) is 24.4 Å². The summed E-state index contributed by atoms with van der Waals surface area (Å²) in [5.74, 6) is 0.892. The van der Waals surface area contributed by atoms with Gasteiger partial charge in [-0.1, -0.05) is 41.9 Å². The molecule has 8 nitrogen and oxygen atoms in total. The Balaban J connectivity index is 1.38. The minimum absolute atomic E-state index is 0.0725. The molecule has 1 saturated heterocycles. The number of rotatable bonds is 7. The second kappa shape index (κ2) is 10.2. The van der Waals surface area contributed by atoms with Crippen LogP contribution >= 0.6 is 23.2 Å². The van der Waals surface area contributed by atoms with E-state index >= 15 is 0 Å². The van der Waals surface area contributed by atoms with Crippen LogP contribution in [0.1, 0.15) is 35.6 Å².